The maximum absolute atomic E-state index is 11.5. The molecule has 0 amide bonds. The van der Waals surface area contributed by atoms with Gasteiger partial charge >= 0.3 is 5.97 Å². The van der Waals surface area contributed by atoms with E-state index >= 15 is 0 Å². The SMILES string of the molecule is COC(=O)C(C)n1cc(Cl)cc(Cl)c1=O. The highest BCUT2D eigenvalue weighted by atomic mass is 35.5. The van der Waals surface area contributed by atoms with Crippen LogP contribution in [0.25, 0.3) is 0 Å². The molecule has 0 saturated carbocycles. The molecule has 0 aliphatic rings. The summed E-state index contributed by atoms with van der Waals surface area (Å²) in [6, 6.07) is 0.574. The van der Waals surface area contributed by atoms with Crippen molar-refractivity contribution in [3.05, 3.63) is 32.7 Å². The number of ether oxygens (including phenoxy) is 1. The lowest BCUT2D eigenvalue weighted by Crippen LogP contribution is -2.28. The summed E-state index contributed by atoms with van der Waals surface area (Å²) in [6.07, 6.45) is 1.34. The van der Waals surface area contributed by atoms with Gasteiger partial charge in [-0.1, -0.05) is 23.2 Å². The van der Waals surface area contributed by atoms with Crippen LogP contribution in [0.15, 0.2) is 17.1 Å². The lowest BCUT2D eigenvalue weighted by Gasteiger charge is -2.13. The van der Waals surface area contributed by atoms with E-state index in [0.717, 1.165) is 4.57 Å². The highest BCUT2D eigenvalue weighted by Gasteiger charge is 2.17. The van der Waals surface area contributed by atoms with E-state index in [1.54, 1.807) is 0 Å². The zero-order valence-electron chi connectivity index (χ0n) is 8.16. The molecule has 0 radical (unpaired) electrons. The molecule has 0 aliphatic carbocycles. The third-order valence-electron chi connectivity index (χ3n) is 1.93. The first-order valence-electron chi connectivity index (χ1n) is 4.12. The second kappa shape index (κ2) is 4.68. The minimum absolute atomic E-state index is 0.0294. The number of esters is 1. The molecule has 1 rings (SSSR count). The van der Waals surface area contributed by atoms with E-state index in [-0.39, 0.29) is 10.0 Å². The Morgan fingerprint density at radius 3 is 2.67 bits per heavy atom. The van der Waals surface area contributed by atoms with E-state index in [4.69, 9.17) is 23.2 Å². The molecule has 0 fully saturated rings. The molecule has 0 saturated heterocycles. The van der Waals surface area contributed by atoms with Crippen molar-refractivity contribution < 1.29 is 9.53 Å². The molecule has 0 spiro atoms. The second-order valence-corrected chi connectivity index (χ2v) is 3.76. The predicted octanol–water partition coefficient (Wildman–Crippen LogP) is 1.89. The summed E-state index contributed by atoms with van der Waals surface area (Å²) in [5, 5.41) is 0.258. The fourth-order valence-electron chi connectivity index (χ4n) is 1.11. The standard InChI is InChI=1S/C9H9Cl2NO3/c1-5(9(14)15-2)12-4-6(10)3-7(11)8(12)13/h3-5H,1-2H3. The average Bonchev–Trinajstić information content (AvgIpc) is 2.21. The summed E-state index contributed by atoms with van der Waals surface area (Å²) in [6.45, 7) is 1.53. The number of methoxy groups -OCH3 is 1. The van der Waals surface area contributed by atoms with Crippen molar-refractivity contribution in [3.63, 3.8) is 0 Å². The van der Waals surface area contributed by atoms with Gasteiger partial charge in [0, 0.05) is 6.20 Å². The highest BCUT2D eigenvalue weighted by Crippen LogP contribution is 2.14. The monoisotopic (exact) mass is 249 g/mol. The Labute approximate surface area is 96.4 Å². The average molecular weight is 250 g/mol. The van der Waals surface area contributed by atoms with Crippen molar-refractivity contribution in [3.8, 4) is 0 Å². The first-order chi connectivity index (χ1) is 6.97. The van der Waals surface area contributed by atoms with Crippen LogP contribution in [0.5, 0.6) is 0 Å². The molecule has 15 heavy (non-hydrogen) atoms. The van der Waals surface area contributed by atoms with Gasteiger partial charge in [-0.2, -0.15) is 0 Å². The first-order valence-corrected chi connectivity index (χ1v) is 4.88. The van der Waals surface area contributed by atoms with Crippen molar-refractivity contribution in [1.82, 2.24) is 4.57 Å². The number of rotatable bonds is 2. The second-order valence-electron chi connectivity index (χ2n) is 2.92. The van der Waals surface area contributed by atoms with Gasteiger partial charge < -0.3 is 4.74 Å². The van der Waals surface area contributed by atoms with E-state index in [2.05, 4.69) is 4.74 Å². The van der Waals surface area contributed by atoms with Crippen molar-refractivity contribution in [2.45, 2.75) is 13.0 Å². The van der Waals surface area contributed by atoms with Crippen LogP contribution in [-0.2, 0) is 9.53 Å². The van der Waals surface area contributed by atoms with E-state index < -0.39 is 17.6 Å². The van der Waals surface area contributed by atoms with Crippen LogP contribution in [0, 0.1) is 0 Å². The van der Waals surface area contributed by atoms with Crippen molar-refractivity contribution in [1.29, 1.82) is 0 Å². The maximum Gasteiger partial charge on any atom is 0.328 e. The zero-order chi connectivity index (χ0) is 11.6. The van der Waals surface area contributed by atoms with Gasteiger partial charge in [-0.25, -0.2) is 4.79 Å². The summed E-state index contributed by atoms with van der Waals surface area (Å²) in [7, 11) is 1.25. The number of aromatic nitrogens is 1. The Balaban J connectivity index is 3.25. The topological polar surface area (TPSA) is 48.3 Å². The van der Waals surface area contributed by atoms with Gasteiger partial charge in [0.05, 0.1) is 12.1 Å². The van der Waals surface area contributed by atoms with Gasteiger partial charge in [-0.05, 0) is 13.0 Å². The molecule has 1 aromatic rings. The third-order valence-corrected chi connectivity index (χ3v) is 2.40. The Morgan fingerprint density at radius 1 is 1.53 bits per heavy atom. The van der Waals surface area contributed by atoms with Crippen molar-refractivity contribution in [2.75, 3.05) is 7.11 Å². The Kier molecular flexibility index (Phi) is 3.77. The Morgan fingerprint density at radius 2 is 2.13 bits per heavy atom. The van der Waals surface area contributed by atoms with Gasteiger partial charge in [0.2, 0.25) is 0 Å². The maximum atomic E-state index is 11.5. The molecule has 1 atom stereocenters. The lowest BCUT2D eigenvalue weighted by molar-refractivity contribution is -0.144. The number of nitrogens with zero attached hydrogens (tertiary/aromatic N) is 1. The van der Waals surface area contributed by atoms with E-state index in [1.807, 2.05) is 0 Å². The van der Waals surface area contributed by atoms with Crippen LogP contribution in [0.3, 0.4) is 0 Å². The summed E-state index contributed by atoms with van der Waals surface area (Å²) in [4.78, 5) is 22.8. The quantitative estimate of drug-likeness (QED) is 0.753. The van der Waals surface area contributed by atoms with Gasteiger partial charge in [0.25, 0.3) is 5.56 Å². The molecular formula is C9H9Cl2NO3. The largest absolute Gasteiger partial charge is 0.467 e. The van der Waals surface area contributed by atoms with Crippen LogP contribution in [0.4, 0.5) is 0 Å². The van der Waals surface area contributed by atoms with Crippen molar-refractivity contribution in [2.24, 2.45) is 0 Å². The highest BCUT2D eigenvalue weighted by molar-refractivity contribution is 6.34. The molecule has 0 aliphatic heterocycles. The lowest BCUT2D eigenvalue weighted by atomic mass is 10.3. The molecule has 0 N–H and O–H groups in total. The minimum atomic E-state index is -0.751. The minimum Gasteiger partial charge on any atom is -0.467 e. The third kappa shape index (κ3) is 2.52. The molecule has 0 aromatic carbocycles. The smallest absolute Gasteiger partial charge is 0.328 e. The van der Waals surface area contributed by atoms with Crippen LogP contribution in [0.2, 0.25) is 10.0 Å². The molecule has 1 aromatic heterocycles. The summed E-state index contributed by atoms with van der Waals surface area (Å²) in [5.41, 5.74) is -0.473. The fraction of sp³-hybridized carbons (Fsp3) is 0.333. The van der Waals surface area contributed by atoms with Gasteiger partial charge in [-0.3, -0.25) is 9.36 Å². The summed E-state index contributed by atoms with van der Waals surface area (Å²) >= 11 is 11.4. The number of halogens is 2. The van der Waals surface area contributed by atoms with Crippen LogP contribution >= 0.6 is 23.2 Å². The van der Waals surface area contributed by atoms with Crippen LogP contribution in [0.1, 0.15) is 13.0 Å². The molecule has 1 unspecified atom stereocenters. The van der Waals surface area contributed by atoms with E-state index in [1.165, 1.54) is 26.3 Å². The Bertz CT molecular complexity index is 441. The van der Waals surface area contributed by atoms with Gasteiger partial charge in [0.15, 0.2) is 0 Å². The molecule has 82 valence electrons. The number of hydrogen-bond acceptors (Lipinski definition) is 3. The van der Waals surface area contributed by atoms with E-state index in [0.29, 0.717) is 0 Å². The summed E-state index contributed by atoms with van der Waals surface area (Å²) < 4.78 is 5.65. The first kappa shape index (κ1) is 12.1. The van der Waals surface area contributed by atoms with E-state index in [9.17, 15) is 9.59 Å². The van der Waals surface area contributed by atoms with Gasteiger partial charge in [-0.15, -0.1) is 0 Å². The number of hydrogen-bond donors (Lipinski definition) is 0. The molecule has 4 nitrogen and oxygen atoms in total. The summed E-state index contributed by atoms with van der Waals surface area (Å²) in [5.74, 6) is -0.532. The predicted molar refractivity (Wildman–Crippen MR) is 57.4 cm³/mol. The zero-order valence-corrected chi connectivity index (χ0v) is 9.67. The number of pyridine rings is 1. The molecule has 0 bridgehead atoms. The van der Waals surface area contributed by atoms with Crippen LogP contribution < -0.4 is 5.56 Å². The molecule has 6 heteroatoms. The number of carbonyl (C=O) groups excluding carboxylic acids is 1. The van der Waals surface area contributed by atoms with Crippen molar-refractivity contribution >= 4 is 29.2 Å². The molecule has 1 heterocycles. The number of carbonyl (C=O) groups is 1. The fourth-order valence-corrected chi connectivity index (χ4v) is 1.59. The molecular weight excluding hydrogens is 241 g/mol. The van der Waals surface area contributed by atoms with Crippen LogP contribution in [-0.4, -0.2) is 17.6 Å². The Hall–Kier alpha value is -1.00. The normalized spacial score (nSPS) is 12.3. The van der Waals surface area contributed by atoms with Gasteiger partial charge in [0.1, 0.15) is 11.1 Å².